The first kappa shape index (κ1) is 20.0. The number of esters is 2. The Morgan fingerprint density at radius 1 is 0.926 bits per heavy atom. The maximum atomic E-state index is 11.9. The molecule has 142 valence electrons. The van der Waals surface area contributed by atoms with Crippen LogP contribution in [0.2, 0.25) is 0 Å². The molecule has 0 aliphatic heterocycles. The van der Waals surface area contributed by atoms with Crippen molar-refractivity contribution in [2.75, 3.05) is 25.6 Å². The van der Waals surface area contributed by atoms with E-state index in [-0.39, 0.29) is 6.61 Å². The zero-order chi connectivity index (χ0) is 19.8. The first-order chi connectivity index (χ1) is 12.9. The Bertz CT molecular complexity index is 809. The smallest absolute Gasteiger partial charge is 0.344 e. The molecular formula is C20H21NO6. The Balaban J connectivity index is 1.78. The molecule has 7 heteroatoms. The second kappa shape index (κ2) is 9.38. The van der Waals surface area contributed by atoms with Crippen LogP contribution in [-0.4, -0.2) is 38.2 Å². The van der Waals surface area contributed by atoms with Gasteiger partial charge in [-0.2, -0.15) is 0 Å². The standard InChI is InChI=1S/C20H21NO6/c1-13-5-4-6-14(2)19(13)27-12-18(23)26-11-17(22)21-16-9-7-15(8-10-16)20(24)25-3/h4-10H,11-12H2,1-3H3,(H,21,22). The number of carbonyl (C=O) groups is 3. The normalized spacial score (nSPS) is 10.0. The van der Waals surface area contributed by atoms with E-state index < -0.39 is 24.5 Å². The highest BCUT2D eigenvalue weighted by Gasteiger charge is 2.11. The van der Waals surface area contributed by atoms with E-state index in [0.29, 0.717) is 17.0 Å². The lowest BCUT2D eigenvalue weighted by atomic mass is 10.1. The molecule has 27 heavy (non-hydrogen) atoms. The van der Waals surface area contributed by atoms with E-state index in [4.69, 9.17) is 9.47 Å². The van der Waals surface area contributed by atoms with E-state index in [9.17, 15) is 14.4 Å². The largest absolute Gasteiger partial charge is 0.481 e. The number of benzene rings is 2. The lowest BCUT2D eigenvalue weighted by Crippen LogP contribution is -2.23. The summed E-state index contributed by atoms with van der Waals surface area (Å²) in [6, 6.07) is 11.8. The van der Waals surface area contributed by atoms with Crippen molar-refractivity contribution in [3.8, 4) is 5.75 Å². The first-order valence-corrected chi connectivity index (χ1v) is 8.23. The van der Waals surface area contributed by atoms with Crippen molar-refractivity contribution in [2.45, 2.75) is 13.8 Å². The van der Waals surface area contributed by atoms with E-state index in [1.54, 1.807) is 12.1 Å². The third-order valence-corrected chi connectivity index (χ3v) is 3.70. The zero-order valence-corrected chi connectivity index (χ0v) is 15.4. The number of rotatable bonds is 7. The van der Waals surface area contributed by atoms with Gasteiger partial charge >= 0.3 is 11.9 Å². The van der Waals surface area contributed by atoms with Gasteiger partial charge in [-0.1, -0.05) is 18.2 Å². The van der Waals surface area contributed by atoms with Gasteiger partial charge in [0.2, 0.25) is 0 Å². The number of hydrogen-bond donors (Lipinski definition) is 1. The second-order valence-electron chi connectivity index (χ2n) is 5.79. The van der Waals surface area contributed by atoms with Gasteiger partial charge in [-0.15, -0.1) is 0 Å². The first-order valence-electron chi connectivity index (χ1n) is 8.23. The van der Waals surface area contributed by atoms with Gasteiger partial charge in [0.05, 0.1) is 12.7 Å². The Kier molecular flexibility index (Phi) is 6.93. The Morgan fingerprint density at radius 3 is 2.15 bits per heavy atom. The van der Waals surface area contributed by atoms with E-state index in [1.807, 2.05) is 32.0 Å². The highest BCUT2D eigenvalue weighted by Crippen LogP contribution is 2.22. The molecule has 0 atom stereocenters. The molecule has 2 rings (SSSR count). The van der Waals surface area contributed by atoms with Gasteiger partial charge < -0.3 is 19.5 Å². The summed E-state index contributed by atoms with van der Waals surface area (Å²) in [5.41, 5.74) is 2.66. The molecule has 2 aromatic carbocycles. The van der Waals surface area contributed by atoms with Crippen molar-refractivity contribution in [3.63, 3.8) is 0 Å². The van der Waals surface area contributed by atoms with E-state index >= 15 is 0 Å². The topological polar surface area (TPSA) is 90.9 Å². The molecule has 7 nitrogen and oxygen atoms in total. The minimum atomic E-state index is -0.645. The van der Waals surface area contributed by atoms with Crippen LogP contribution in [0.15, 0.2) is 42.5 Å². The van der Waals surface area contributed by atoms with Gasteiger partial charge in [-0.25, -0.2) is 9.59 Å². The van der Waals surface area contributed by atoms with Crippen molar-refractivity contribution in [3.05, 3.63) is 59.2 Å². The Morgan fingerprint density at radius 2 is 1.56 bits per heavy atom. The molecule has 0 radical (unpaired) electrons. The summed E-state index contributed by atoms with van der Waals surface area (Å²) < 4.78 is 15.0. The maximum Gasteiger partial charge on any atom is 0.344 e. The molecule has 0 spiro atoms. The average molecular weight is 371 g/mol. The molecule has 0 heterocycles. The predicted molar refractivity (Wildman–Crippen MR) is 98.8 cm³/mol. The fourth-order valence-corrected chi connectivity index (χ4v) is 2.35. The molecule has 1 amide bonds. The lowest BCUT2D eigenvalue weighted by molar-refractivity contribution is -0.149. The van der Waals surface area contributed by atoms with E-state index in [0.717, 1.165) is 11.1 Å². The van der Waals surface area contributed by atoms with Crippen LogP contribution in [0.25, 0.3) is 0 Å². The second-order valence-corrected chi connectivity index (χ2v) is 5.79. The Hall–Kier alpha value is -3.35. The van der Waals surface area contributed by atoms with Crippen molar-refractivity contribution in [2.24, 2.45) is 0 Å². The molecule has 0 bridgehead atoms. The van der Waals surface area contributed by atoms with Crippen LogP contribution in [0, 0.1) is 13.8 Å². The molecule has 0 aromatic heterocycles. The predicted octanol–water partition coefficient (Wildman–Crippen LogP) is 2.65. The number of amides is 1. The quantitative estimate of drug-likeness (QED) is 0.753. The summed E-state index contributed by atoms with van der Waals surface area (Å²) in [6.07, 6.45) is 0. The highest BCUT2D eigenvalue weighted by molar-refractivity contribution is 5.94. The van der Waals surface area contributed by atoms with Gasteiger partial charge in [0, 0.05) is 5.69 Å². The van der Waals surface area contributed by atoms with Crippen LogP contribution in [0.5, 0.6) is 5.75 Å². The maximum absolute atomic E-state index is 11.9. The molecule has 0 aliphatic carbocycles. The summed E-state index contributed by atoms with van der Waals surface area (Å²) >= 11 is 0. The highest BCUT2D eigenvalue weighted by atomic mass is 16.6. The van der Waals surface area contributed by atoms with Crippen molar-refractivity contribution in [1.82, 2.24) is 0 Å². The van der Waals surface area contributed by atoms with Crippen molar-refractivity contribution in [1.29, 1.82) is 0 Å². The van der Waals surface area contributed by atoms with Crippen LogP contribution in [0.3, 0.4) is 0 Å². The zero-order valence-electron chi connectivity index (χ0n) is 15.4. The van der Waals surface area contributed by atoms with Crippen LogP contribution in [0.1, 0.15) is 21.5 Å². The average Bonchev–Trinajstić information content (AvgIpc) is 2.66. The number of aryl methyl sites for hydroxylation is 2. The fraction of sp³-hybridized carbons (Fsp3) is 0.250. The van der Waals surface area contributed by atoms with Crippen LogP contribution >= 0.6 is 0 Å². The molecule has 2 aromatic rings. The number of carbonyl (C=O) groups excluding carboxylic acids is 3. The third-order valence-electron chi connectivity index (χ3n) is 3.70. The molecule has 0 saturated heterocycles. The van der Waals surface area contributed by atoms with Crippen molar-refractivity contribution < 1.29 is 28.6 Å². The van der Waals surface area contributed by atoms with Crippen LogP contribution < -0.4 is 10.1 Å². The third kappa shape index (κ3) is 5.85. The minimum absolute atomic E-state index is 0.285. The lowest BCUT2D eigenvalue weighted by Gasteiger charge is -2.11. The van der Waals surface area contributed by atoms with Gasteiger partial charge in [-0.05, 0) is 49.2 Å². The van der Waals surface area contributed by atoms with E-state index in [2.05, 4.69) is 10.1 Å². The summed E-state index contributed by atoms with van der Waals surface area (Å²) in [5.74, 6) is -0.981. The number of hydrogen-bond acceptors (Lipinski definition) is 6. The molecule has 0 unspecified atom stereocenters. The molecular weight excluding hydrogens is 350 g/mol. The minimum Gasteiger partial charge on any atom is -0.481 e. The Labute approximate surface area is 157 Å². The van der Waals surface area contributed by atoms with Crippen LogP contribution in [-0.2, 0) is 19.1 Å². The molecule has 1 N–H and O–H groups in total. The summed E-state index contributed by atoms with van der Waals surface area (Å²) in [5, 5.41) is 2.56. The summed E-state index contributed by atoms with van der Waals surface area (Å²) in [7, 11) is 1.29. The molecule has 0 aliphatic rings. The number of ether oxygens (including phenoxy) is 3. The number of methoxy groups -OCH3 is 1. The van der Waals surface area contributed by atoms with Gasteiger partial charge in [-0.3, -0.25) is 4.79 Å². The fourth-order valence-electron chi connectivity index (χ4n) is 2.35. The van der Waals surface area contributed by atoms with Gasteiger partial charge in [0.15, 0.2) is 13.2 Å². The monoisotopic (exact) mass is 371 g/mol. The SMILES string of the molecule is COC(=O)c1ccc(NC(=O)COC(=O)COc2c(C)cccc2C)cc1. The number of nitrogens with one attached hydrogen (secondary N) is 1. The van der Waals surface area contributed by atoms with Gasteiger partial charge in [0.1, 0.15) is 5.75 Å². The van der Waals surface area contributed by atoms with Gasteiger partial charge in [0.25, 0.3) is 5.91 Å². The number of para-hydroxylation sites is 1. The van der Waals surface area contributed by atoms with E-state index in [1.165, 1.54) is 19.2 Å². The molecule has 0 fully saturated rings. The summed E-state index contributed by atoms with van der Waals surface area (Å²) in [4.78, 5) is 35.0. The number of anilines is 1. The van der Waals surface area contributed by atoms with Crippen LogP contribution in [0.4, 0.5) is 5.69 Å². The van der Waals surface area contributed by atoms with Crippen molar-refractivity contribution >= 4 is 23.5 Å². The summed E-state index contributed by atoms with van der Waals surface area (Å²) in [6.45, 7) is 3.04. The molecule has 0 saturated carbocycles.